The van der Waals surface area contributed by atoms with E-state index in [9.17, 15) is 18.0 Å². The Balaban J connectivity index is 3.26. The number of benzene rings is 1. The first-order valence-electron chi connectivity index (χ1n) is 4.78. The summed E-state index contributed by atoms with van der Waals surface area (Å²) >= 11 is 5.81. The number of alkyl halides is 3. The van der Waals surface area contributed by atoms with Crippen LogP contribution in [0.15, 0.2) is 12.1 Å². The molecule has 4 N–H and O–H groups in total. The van der Waals surface area contributed by atoms with Crippen LogP contribution in [0.25, 0.3) is 0 Å². The van der Waals surface area contributed by atoms with E-state index in [1.165, 1.54) is 12.1 Å². The highest BCUT2D eigenvalue weighted by molar-refractivity contribution is 6.34. The van der Waals surface area contributed by atoms with E-state index in [0.29, 0.717) is 0 Å². The second kappa shape index (κ2) is 4.93. The van der Waals surface area contributed by atoms with Crippen molar-refractivity contribution in [3.8, 4) is 0 Å². The van der Waals surface area contributed by atoms with Crippen LogP contribution in [0.2, 0.25) is 5.02 Å². The number of hydrogen-bond donors (Lipinski definition) is 2. The molecule has 0 aliphatic carbocycles. The minimum atomic E-state index is -4.42. The van der Waals surface area contributed by atoms with E-state index in [1.54, 1.807) is 0 Å². The van der Waals surface area contributed by atoms with E-state index in [1.807, 2.05) is 0 Å². The Kier molecular flexibility index (Phi) is 3.95. The van der Waals surface area contributed by atoms with Gasteiger partial charge < -0.3 is 16.4 Å². The van der Waals surface area contributed by atoms with Crippen molar-refractivity contribution in [1.29, 1.82) is 0 Å². The molecule has 0 fully saturated rings. The zero-order valence-electron chi connectivity index (χ0n) is 9.38. The van der Waals surface area contributed by atoms with Gasteiger partial charge in [0.2, 0.25) is 0 Å². The molecule has 100 valence electrons. The third-order valence-electron chi connectivity index (χ3n) is 2.15. The Morgan fingerprint density at radius 3 is 2.44 bits per heavy atom. The topological polar surface area (TPSA) is 72.3 Å². The first-order chi connectivity index (χ1) is 8.11. The summed E-state index contributed by atoms with van der Waals surface area (Å²) in [5.74, 6) is -0.895. The largest absolute Gasteiger partial charge is 0.405 e. The van der Waals surface area contributed by atoms with Gasteiger partial charge in [0.25, 0.3) is 5.91 Å². The molecule has 0 aromatic heterocycles. The van der Waals surface area contributed by atoms with Crippen LogP contribution >= 0.6 is 11.6 Å². The third kappa shape index (κ3) is 3.43. The van der Waals surface area contributed by atoms with Gasteiger partial charge in [0.15, 0.2) is 0 Å². The van der Waals surface area contributed by atoms with Gasteiger partial charge in [0.05, 0.1) is 16.3 Å². The van der Waals surface area contributed by atoms with Gasteiger partial charge in [-0.25, -0.2) is 0 Å². The van der Waals surface area contributed by atoms with Gasteiger partial charge in [-0.3, -0.25) is 4.79 Å². The van der Waals surface area contributed by atoms with Gasteiger partial charge in [-0.15, -0.1) is 0 Å². The lowest BCUT2D eigenvalue weighted by Gasteiger charge is -2.24. The fraction of sp³-hybridized carbons (Fsp3) is 0.300. The van der Waals surface area contributed by atoms with Gasteiger partial charge in [0, 0.05) is 12.7 Å². The lowest BCUT2D eigenvalue weighted by atomic mass is 10.1. The number of hydrogen-bond acceptors (Lipinski definition) is 3. The lowest BCUT2D eigenvalue weighted by Crippen LogP contribution is -2.32. The number of carbonyl (C=O) groups excluding carboxylic acids is 1. The minimum absolute atomic E-state index is 0.0597. The van der Waals surface area contributed by atoms with E-state index in [2.05, 4.69) is 0 Å². The average Bonchev–Trinajstić information content (AvgIpc) is 2.12. The molecule has 0 atom stereocenters. The van der Waals surface area contributed by atoms with Crippen molar-refractivity contribution in [2.75, 3.05) is 24.2 Å². The summed E-state index contributed by atoms with van der Waals surface area (Å²) in [4.78, 5) is 12.0. The van der Waals surface area contributed by atoms with Crippen molar-refractivity contribution in [1.82, 2.24) is 0 Å². The monoisotopic (exact) mass is 281 g/mol. The lowest BCUT2D eigenvalue weighted by molar-refractivity contribution is -0.119. The number of primary amides is 1. The third-order valence-corrected chi connectivity index (χ3v) is 2.44. The van der Waals surface area contributed by atoms with Crippen LogP contribution < -0.4 is 16.4 Å². The summed E-state index contributed by atoms with van der Waals surface area (Å²) in [6, 6.07) is 2.45. The first-order valence-corrected chi connectivity index (χ1v) is 5.16. The molecule has 4 nitrogen and oxygen atoms in total. The SMILES string of the molecule is CN(CC(F)(F)F)c1c(Cl)cc(N)cc1C(N)=O. The molecule has 0 saturated heterocycles. The van der Waals surface area contributed by atoms with Gasteiger partial charge in [-0.05, 0) is 12.1 Å². The van der Waals surface area contributed by atoms with Crippen LogP contribution in [0.4, 0.5) is 24.5 Å². The number of amides is 1. The molecule has 0 bridgehead atoms. The normalized spacial score (nSPS) is 11.4. The maximum absolute atomic E-state index is 12.3. The number of nitrogen functional groups attached to an aromatic ring is 1. The van der Waals surface area contributed by atoms with Crippen LogP contribution in [0.1, 0.15) is 10.4 Å². The molecule has 0 aliphatic rings. The number of anilines is 2. The summed E-state index contributed by atoms with van der Waals surface area (Å²) < 4.78 is 36.9. The minimum Gasteiger partial charge on any atom is -0.399 e. The predicted molar refractivity (Wildman–Crippen MR) is 63.7 cm³/mol. The molecule has 0 saturated carbocycles. The second-order valence-corrected chi connectivity index (χ2v) is 4.14. The Labute approximate surface area is 106 Å². The second-order valence-electron chi connectivity index (χ2n) is 3.73. The maximum atomic E-state index is 12.3. The summed E-state index contributed by atoms with van der Waals surface area (Å²) in [5, 5.41) is -0.0597. The van der Waals surface area contributed by atoms with Crippen LogP contribution in [0.3, 0.4) is 0 Å². The first kappa shape index (κ1) is 14.4. The summed E-state index contributed by atoms with van der Waals surface area (Å²) in [5.41, 5.74) is 10.5. The molecule has 0 unspecified atom stereocenters. The average molecular weight is 282 g/mol. The molecule has 0 aliphatic heterocycles. The molecule has 0 radical (unpaired) electrons. The summed E-state index contributed by atoms with van der Waals surface area (Å²) in [6.45, 7) is -1.25. The van der Waals surface area contributed by atoms with Gasteiger partial charge in [-0.2, -0.15) is 13.2 Å². The highest BCUT2D eigenvalue weighted by atomic mass is 35.5. The molecule has 0 spiro atoms. The number of halogens is 4. The highest BCUT2D eigenvalue weighted by Crippen LogP contribution is 2.33. The maximum Gasteiger partial charge on any atom is 0.405 e. The number of rotatable bonds is 3. The quantitative estimate of drug-likeness (QED) is 0.833. The number of carbonyl (C=O) groups is 1. The smallest absolute Gasteiger partial charge is 0.399 e. The highest BCUT2D eigenvalue weighted by Gasteiger charge is 2.31. The fourth-order valence-corrected chi connectivity index (χ4v) is 1.92. The van der Waals surface area contributed by atoms with Crippen LogP contribution in [-0.2, 0) is 0 Å². The van der Waals surface area contributed by atoms with E-state index in [4.69, 9.17) is 23.1 Å². The van der Waals surface area contributed by atoms with E-state index in [0.717, 1.165) is 11.9 Å². The summed E-state index contributed by atoms with van der Waals surface area (Å²) in [7, 11) is 1.16. The van der Waals surface area contributed by atoms with Crippen LogP contribution in [-0.4, -0.2) is 25.7 Å². The molecule has 1 amide bonds. The zero-order chi connectivity index (χ0) is 14.1. The van der Waals surface area contributed by atoms with Crippen LogP contribution in [0.5, 0.6) is 0 Å². The molecule has 18 heavy (non-hydrogen) atoms. The predicted octanol–water partition coefficient (Wildman–Crippen LogP) is 2.02. The molecule has 8 heteroatoms. The Bertz CT molecular complexity index is 476. The molecular weight excluding hydrogens is 271 g/mol. The van der Waals surface area contributed by atoms with Crippen molar-refractivity contribution in [3.05, 3.63) is 22.7 Å². The Morgan fingerprint density at radius 2 is 2.00 bits per heavy atom. The molecule has 1 aromatic rings. The van der Waals surface area contributed by atoms with Gasteiger partial charge in [-0.1, -0.05) is 11.6 Å². The van der Waals surface area contributed by atoms with E-state index in [-0.39, 0.29) is 22.0 Å². The van der Waals surface area contributed by atoms with Crippen molar-refractivity contribution in [3.63, 3.8) is 0 Å². The molecular formula is C10H11ClF3N3O. The van der Waals surface area contributed by atoms with Crippen molar-refractivity contribution >= 4 is 28.9 Å². The van der Waals surface area contributed by atoms with Crippen LogP contribution in [0, 0.1) is 0 Å². The molecule has 0 heterocycles. The van der Waals surface area contributed by atoms with Crippen molar-refractivity contribution in [2.24, 2.45) is 5.73 Å². The van der Waals surface area contributed by atoms with E-state index >= 15 is 0 Å². The van der Waals surface area contributed by atoms with E-state index < -0.39 is 18.6 Å². The van der Waals surface area contributed by atoms with Crippen molar-refractivity contribution < 1.29 is 18.0 Å². The molecule has 1 aromatic carbocycles. The number of nitrogens with zero attached hydrogens (tertiary/aromatic N) is 1. The fourth-order valence-electron chi connectivity index (χ4n) is 1.54. The molecule has 1 rings (SSSR count). The zero-order valence-corrected chi connectivity index (χ0v) is 10.1. The Hall–Kier alpha value is -1.63. The Morgan fingerprint density at radius 1 is 1.44 bits per heavy atom. The van der Waals surface area contributed by atoms with Gasteiger partial charge >= 0.3 is 6.18 Å². The number of nitrogens with two attached hydrogens (primary N) is 2. The van der Waals surface area contributed by atoms with Crippen molar-refractivity contribution in [2.45, 2.75) is 6.18 Å². The standard InChI is InChI=1S/C10H11ClF3N3O/c1-17(4-10(12,13)14)8-6(9(16)18)2-5(15)3-7(8)11/h2-3H,4,15H2,1H3,(H2,16,18). The summed E-state index contributed by atoms with van der Waals surface area (Å²) in [6.07, 6.45) is -4.42. The van der Waals surface area contributed by atoms with Gasteiger partial charge in [0.1, 0.15) is 6.54 Å².